The second-order valence-electron chi connectivity index (χ2n) is 10.2. The van der Waals surface area contributed by atoms with Crippen LogP contribution in [0.1, 0.15) is 45.2 Å². The van der Waals surface area contributed by atoms with Gasteiger partial charge in [-0.2, -0.15) is 9.40 Å². The SMILES string of the molecule is CCOc1ccc(S(=O)(=O)N2CCC(C(O)(CCO)CCO[N+](=O)[O-])CC2)cc1-c1nc2c(CC)nn(C)c2c(=O)[nH]1. The molecule has 0 saturated carbocycles. The zero-order valence-electron chi connectivity index (χ0n) is 23.8. The number of aliphatic hydroxyl groups is 2. The molecule has 0 spiro atoms. The Morgan fingerprint density at radius 1 is 1.24 bits per heavy atom. The molecule has 4 rings (SSSR count). The van der Waals surface area contributed by atoms with E-state index in [2.05, 4.69) is 19.9 Å². The lowest BCUT2D eigenvalue weighted by Crippen LogP contribution is -2.47. The van der Waals surface area contributed by atoms with E-state index >= 15 is 0 Å². The van der Waals surface area contributed by atoms with Gasteiger partial charge in [-0.25, -0.2) is 13.4 Å². The third kappa shape index (κ3) is 6.25. The Morgan fingerprint density at radius 3 is 2.57 bits per heavy atom. The van der Waals surface area contributed by atoms with Gasteiger partial charge in [0.05, 0.1) is 35.0 Å². The Kier molecular flexibility index (Phi) is 9.50. The van der Waals surface area contributed by atoms with Crippen molar-refractivity contribution in [3.63, 3.8) is 0 Å². The van der Waals surface area contributed by atoms with Crippen molar-refractivity contribution in [3.05, 3.63) is 44.4 Å². The van der Waals surface area contributed by atoms with E-state index in [1.807, 2.05) is 6.92 Å². The van der Waals surface area contributed by atoms with Gasteiger partial charge in [-0.3, -0.25) is 9.48 Å². The van der Waals surface area contributed by atoms with Crippen LogP contribution >= 0.6 is 0 Å². The molecule has 0 amide bonds. The molecule has 0 bridgehead atoms. The Morgan fingerprint density at radius 2 is 1.95 bits per heavy atom. The number of hydrogen-bond donors (Lipinski definition) is 3. The fraction of sp³-hybridized carbons (Fsp3) is 0.577. The van der Waals surface area contributed by atoms with E-state index in [9.17, 15) is 33.5 Å². The van der Waals surface area contributed by atoms with E-state index < -0.39 is 32.2 Å². The number of nitrogens with zero attached hydrogens (tertiary/aromatic N) is 5. The number of sulfonamides is 1. The summed E-state index contributed by atoms with van der Waals surface area (Å²) in [5, 5.41) is 34.6. The molecule has 1 aromatic carbocycles. The summed E-state index contributed by atoms with van der Waals surface area (Å²) in [5.41, 5.74) is -0.174. The number of H-pyrrole nitrogens is 1. The van der Waals surface area contributed by atoms with Gasteiger partial charge in [0.1, 0.15) is 17.1 Å². The Bertz CT molecular complexity index is 1600. The third-order valence-corrected chi connectivity index (χ3v) is 9.63. The molecule has 1 aliphatic rings. The van der Waals surface area contributed by atoms with Crippen LogP contribution in [-0.2, 0) is 28.3 Å². The molecule has 0 aliphatic carbocycles. The van der Waals surface area contributed by atoms with Gasteiger partial charge in [0.2, 0.25) is 10.0 Å². The van der Waals surface area contributed by atoms with Crippen LogP contribution in [-0.4, -0.2) is 86.3 Å². The zero-order chi connectivity index (χ0) is 30.7. The number of aromatic nitrogens is 4. The fourth-order valence-corrected chi connectivity index (χ4v) is 7.05. The molecule has 2 aromatic heterocycles. The second-order valence-corrected chi connectivity index (χ2v) is 12.1. The van der Waals surface area contributed by atoms with Crippen LogP contribution in [0.15, 0.2) is 27.9 Å². The number of piperidine rings is 1. The first-order chi connectivity index (χ1) is 19.9. The Hall–Kier alpha value is -3.60. The Balaban J connectivity index is 1.63. The summed E-state index contributed by atoms with van der Waals surface area (Å²) in [6.45, 7) is 3.51. The molecular weight excluding hydrogens is 572 g/mol. The third-order valence-electron chi connectivity index (χ3n) is 7.73. The lowest BCUT2D eigenvalue weighted by Gasteiger charge is -2.41. The van der Waals surface area contributed by atoms with Crippen LogP contribution in [0.2, 0.25) is 0 Å². The summed E-state index contributed by atoms with van der Waals surface area (Å²) in [7, 11) is -2.34. The minimum Gasteiger partial charge on any atom is -0.493 e. The minimum atomic E-state index is -4.00. The molecule has 1 unspecified atom stereocenters. The molecule has 230 valence electrons. The number of aromatic amines is 1. The van der Waals surface area contributed by atoms with Crippen molar-refractivity contribution in [2.75, 3.05) is 32.9 Å². The maximum Gasteiger partial charge on any atom is 0.294 e. The van der Waals surface area contributed by atoms with Crippen LogP contribution in [0.3, 0.4) is 0 Å². The maximum atomic E-state index is 13.7. The summed E-state index contributed by atoms with van der Waals surface area (Å²) < 4.78 is 36.0. The first-order valence-electron chi connectivity index (χ1n) is 13.8. The number of aryl methyl sites for hydroxylation is 2. The highest BCUT2D eigenvalue weighted by Crippen LogP contribution is 2.37. The van der Waals surface area contributed by atoms with Gasteiger partial charge >= 0.3 is 0 Å². The molecule has 3 aromatic rings. The van der Waals surface area contributed by atoms with Crippen molar-refractivity contribution < 1.29 is 33.3 Å². The van der Waals surface area contributed by atoms with Gasteiger partial charge in [-0.1, -0.05) is 6.92 Å². The van der Waals surface area contributed by atoms with Crippen molar-refractivity contribution in [3.8, 4) is 17.1 Å². The minimum absolute atomic E-state index is 0.0139. The zero-order valence-corrected chi connectivity index (χ0v) is 24.6. The summed E-state index contributed by atoms with van der Waals surface area (Å²) >= 11 is 0. The number of fused-ring (bicyclic) bond motifs is 1. The van der Waals surface area contributed by atoms with Gasteiger partial charge in [-0.05, 0) is 56.7 Å². The van der Waals surface area contributed by atoms with Gasteiger partial charge in [0, 0.05) is 33.2 Å². The molecule has 1 atom stereocenters. The monoisotopic (exact) mass is 608 g/mol. The van der Waals surface area contributed by atoms with Gasteiger partial charge in [0.25, 0.3) is 10.6 Å². The van der Waals surface area contributed by atoms with Crippen molar-refractivity contribution in [2.24, 2.45) is 13.0 Å². The van der Waals surface area contributed by atoms with Crippen molar-refractivity contribution >= 4 is 21.1 Å². The van der Waals surface area contributed by atoms with Crippen molar-refractivity contribution in [1.82, 2.24) is 24.1 Å². The van der Waals surface area contributed by atoms with Gasteiger partial charge in [-0.15, -0.1) is 10.1 Å². The normalized spacial score (nSPS) is 16.4. The van der Waals surface area contributed by atoms with E-state index in [4.69, 9.17) is 4.74 Å². The Labute approximate surface area is 242 Å². The topological polar surface area (TPSA) is 203 Å². The standard InChI is InChI=1S/C26H36N6O9S/c1-4-20-22-23(30(3)29-20)25(34)28-24(27-22)19-16-18(6-7-21(19)40-5-2)42(38,39)31-12-8-17(9-13-31)26(35,10-14-33)11-15-41-32(36)37/h6-7,16-17,33,35H,4-5,8-15H2,1-3H3,(H,27,28,34). The number of hydrogen-bond acceptors (Lipinski definition) is 11. The first kappa shape index (κ1) is 31.3. The summed E-state index contributed by atoms with van der Waals surface area (Å²) in [6, 6.07) is 4.39. The maximum absolute atomic E-state index is 13.7. The van der Waals surface area contributed by atoms with E-state index in [-0.39, 0.29) is 62.7 Å². The molecule has 1 aliphatic heterocycles. The number of rotatable bonds is 13. The lowest BCUT2D eigenvalue weighted by atomic mass is 9.77. The smallest absolute Gasteiger partial charge is 0.294 e. The molecule has 15 nitrogen and oxygen atoms in total. The first-order valence-corrected chi connectivity index (χ1v) is 15.2. The molecule has 3 N–H and O–H groups in total. The quantitative estimate of drug-likeness (QED) is 0.187. The average Bonchev–Trinajstić information content (AvgIpc) is 3.29. The van der Waals surface area contributed by atoms with Crippen LogP contribution in [0.5, 0.6) is 5.75 Å². The number of aliphatic hydroxyl groups excluding tert-OH is 1. The molecule has 0 radical (unpaired) electrons. The van der Waals surface area contributed by atoms with Crippen molar-refractivity contribution in [2.45, 2.75) is 56.4 Å². The van der Waals surface area contributed by atoms with Crippen LogP contribution in [0, 0.1) is 16.0 Å². The predicted octanol–water partition coefficient (Wildman–Crippen LogP) is 1.40. The average molecular weight is 609 g/mol. The predicted molar refractivity (Wildman–Crippen MR) is 151 cm³/mol. The molecule has 1 fully saturated rings. The van der Waals surface area contributed by atoms with E-state index in [1.54, 1.807) is 14.0 Å². The second kappa shape index (κ2) is 12.7. The number of benzene rings is 1. The van der Waals surface area contributed by atoms with Gasteiger partial charge in [0.15, 0.2) is 5.52 Å². The van der Waals surface area contributed by atoms with E-state index in [0.29, 0.717) is 41.1 Å². The van der Waals surface area contributed by atoms with Crippen LogP contribution in [0.4, 0.5) is 0 Å². The van der Waals surface area contributed by atoms with Crippen LogP contribution < -0.4 is 10.3 Å². The highest BCUT2D eigenvalue weighted by Gasteiger charge is 2.40. The summed E-state index contributed by atoms with van der Waals surface area (Å²) in [5.74, 6) is 0.113. The van der Waals surface area contributed by atoms with Gasteiger partial charge < -0.3 is 24.8 Å². The van der Waals surface area contributed by atoms with Crippen molar-refractivity contribution in [1.29, 1.82) is 0 Å². The lowest BCUT2D eigenvalue weighted by molar-refractivity contribution is -0.758. The highest BCUT2D eigenvalue weighted by molar-refractivity contribution is 7.89. The number of ether oxygens (including phenoxy) is 1. The molecular formula is C26H36N6O9S. The van der Waals surface area contributed by atoms with Crippen LogP contribution in [0.25, 0.3) is 22.4 Å². The number of nitrogens with one attached hydrogen (secondary N) is 1. The summed E-state index contributed by atoms with van der Waals surface area (Å²) in [6.07, 6.45) is 1.03. The molecule has 3 heterocycles. The summed E-state index contributed by atoms with van der Waals surface area (Å²) in [4.78, 5) is 35.2. The molecule has 16 heteroatoms. The molecule has 1 saturated heterocycles. The van der Waals surface area contributed by atoms with E-state index in [1.165, 1.54) is 27.2 Å². The highest BCUT2D eigenvalue weighted by atomic mass is 32.2. The van der Waals surface area contributed by atoms with E-state index in [0.717, 1.165) is 0 Å². The largest absolute Gasteiger partial charge is 0.493 e. The fourth-order valence-electron chi connectivity index (χ4n) is 5.55. The molecule has 42 heavy (non-hydrogen) atoms.